The summed E-state index contributed by atoms with van der Waals surface area (Å²) in [6.07, 6.45) is 0. The third-order valence-corrected chi connectivity index (χ3v) is 4.04. The zero-order valence-corrected chi connectivity index (χ0v) is 14.6. The number of amides is 3. The number of nitrogens with one attached hydrogen (secondary N) is 3. The van der Waals surface area contributed by atoms with Crippen molar-refractivity contribution in [3.63, 3.8) is 0 Å². The molecule has 0 spiro atoms. The molecule has 0 fully saturated rings. The fourth-order valence-electron chi connectivity index (χ4n) is 2.26. The summed E-state index contributed by atoms with van der Waals surface area (Å²) in [5, 5.41) is 8.87. The van der Waals surface area contributed by atoms with Gasteiger partial charge in [0.15, 0.2) is 0 Å². The highest BCUT2D eigenvalue weighted by atomic mass is 35.5. The van der Waals surface area contributed by atoms with Crippen molar-refractivity contribution >= 4 is 40.6 Å². The molecule has 2 aromatic rings. The third-order valence-electron chi connectivity index (χ3n) is 3.79. The molecular weight excluding hydrogens is 342 g/mol. The number of urea groups is 1. The minimum Gasteiger partial charge on any atom is -0.490 e. The molecule has 1 heterocycles. The largest absolute Gasteiger partial charge is 0.490 e. The Hall–Kier alpha value is -2.73. The van der Waals surface area contributed by atoms with Gasteiger partial charge in [0.1, 0.15) is 12.4 Å². The summed E-state index contributed by atoms with van der Waals surface area (Å²) in [5.74, 6) is 0.413. The second-order valence-corrected chi connectivity index (χ2v) is 6.86. The molecule has 0 radical (unpaired) electrons. The van der Waals surface area contributed by atoms with Crippen LogP contribution in [0, 0.1) is 5.41 Å². The molecule has 0 atom stereocenters. The normalized spacial score (nSPS) is 15.2. The quantitative estimate of drug-likeness (QED) is 0.746. The highest BCUT2D eigenvalue weighted by Gasteiger charge is 2.32. The van der Waals surface area contributed by atoms with Crippen molar-refractivity contribution in [2.45, 2.75) is 13.8 Å². The highest BCUT2D eigenvalue weighted by Crippen LogP contribution is 2.34. The van der Waals surface area contributed by atoms with Crippen molar-refractivity contribution in [1.29, 1.82) is 0 Å². The number of carbonyl (C=O) groups excluding carboxylic acids is 2. The van der Waals surface area contributed by atoms with Crippen molar-refractivity contribution in [2.24, 2.45) is 5.41 Å². The second-order valence-electron chi connectivity index (χ2n) is 6.42. The maximum absolute atomic E-state index is 12.1. The molecule has 1 aliphatic rings. The Kier molecular flexibility index (Phi) is 4.55. The van der Waals surface area contributed by atoms with Crippen LogP contribution in [-0.4, -0.2) is 18.5 Å². The van der Waals surface area contributed by atoms with Crippen molar-refractivity contribution in [2.75, 3.05) is 22.6 Å². The number of hydrogen-bond acceptors (Lipinski definition) is 3. The maximum Gasteiger partial charge on any atom is 0.323 e. The van der Waals surface area contributed by atoms with Crippen molar-refractivity contribution in [3.8, 4) is 5.75 Å². The zero-order chi connectivity index (χ0) is 18.0. The van der Waals surface area contributed by atoms with Crippen molar-refractivity contribution < 1.29 is 14.3 Å². The lowest BCUT2D eigenvalue weighted by Gasteiger charge is -2.18. The Morgan fingerprint density at radius 3 is 2.48 bits per heavy atom. The van der Waals surface area contributed by atoms with Crippen LogP contribution in [0.2, 0.25) is 5.02 Å². The molecule has 1 aliphatic heterocycles. The standard InChI is InChI=1S/C18H18ClN3O3/c1-18(2)10-25-15-9-13(7-8-14(15)22-16(18)23)21-17(24)20-12-5-3-11(19)4-6-12/h3-9H,10H2,1-2H3,(H,22,23)(H2,20,21,24). The Bertz CT molecular complexity index is 819. The predicted octanol–water partition coefficient (Wildman–Crippen LogP) is 4.34. The molecule has 130 valence electrons. The number of fused-ring (bicyclic) bond motifs is 1. The Labute approximate surface area is 150 Å². The molecule has 25 heavy (non-hydrogen) atoms. The molecule has 0 saturated carbocycles. The van der Waals surface area contributed by atoms with Gasteiger partial charge in [-0.05, 0) is 50.2 Å². The summed E-state index contributed by atoms with van der Waals surface area (Å²) in [6, 6.07) is 11.5. The number of anilines is 3. The summed E-state index contributed by atoms with van der Waals surface area (Å²) in [5.41, 5.74) is 1.14. The summed E-state index contributed by atoms with van der Waals surface area (Å²) >= 11 is 5.82. The van der Waals surface area contributed by atoms with E-state index in [0.717, 1.165) is 0 Å². The average Bonchev–Trinajstić information content (AvgIpc) is 2.67. The van der Waals surface area contributed by atoms with E-state index in [0.29, 0.717) is 27.8 Å². The highest BCUT2D eigenvalue weighted by molar-refractivity contribution is 6.30. The number of hydrogen-bond donors (Lipinski definition) is 3. The third kappa shape index (κ3) is 4.03. The molecule has 0 aliphatic carbocycles. The van der Waals surface area contributed by atoms with E-state index in [-0.39, 0.29) is 18.5 Å². The van der Waals surface area contributed by atoms with Crippen LogP contribution in [0.4, 0.5) is 21.9 Å². The molecule has 0 aromatic heterocycles. The fraction of sp³-hybridized carbons (Fsp3) is 0.222. The number of ether oxygens (including phenoxy) is 1. The van der Waals surface area contributed by atoms with Gasteiger partial charge in [0.25, 0.3) is 0 Å². The van der Waals surface area contributed by atoms with Crippen LogP contribution >= 0.6 is 11.6 Å². The van der Waals surface area contributed by atoms with Gasteiger partial charge in [0.2, 0.25) is 5.91 Å². The van der Waals surface area contributed by atoms with E-state index in [1.807, 2.05) is 13.8 Å². The van der Waals surface area contributed by atoms with E-state index in [1.165, 1.54) is 0 Å². The first-order valence-corrected chi connectivity index (χ1v) is 8.13. The molecule has 6 nitrogen and oxygen atoms in total. The van der Waals surface area contributed by atoms with E-state index in [4.69, 9.17) is 16.3 Å². The van der Waals surface area contributed by atoms with E-state index in [9.17, 15) is 9.59 Å². The van der Waals surface area contributed by atoms with Gasteiger partial charge in [-0.2, -0.15) is 0 Å². The lowest BCUT2D eigenvalue weighted by Crippen LogP contribution is -2.33. The molecule has 0 bridgehead atoms. The molecule has 0 saturated heterocycles. The van der Waals surface area contributed by atoms with Gasteiger partial charge >= 0.3 is 6.03 Å². The van der Waals surface area contributed by atoms with Gasteiger partial charge in [0, 0.05) is 22.5 Å². The molecule has 2 aromatic carbocycles. The summed E-state index contributed by atoms with van der Waals surface area (Å²) in [7, 11) is 0. The maximum atomic E-state index is 12.1. The number of carbonyl (C=O) groups is 2. The SMILES string of the molecule is CC1(C)COc2cc(NC(=O)Nc3ccc(Cl)cc3)ccc2NC1=O. The molecule has 3 N–H and O–H groups in total. The van der Waals surface area contributed by atoms with Crippen molar-refractivity contribution in [3.05, 3.63) is 47.5 Å². The van der Waals surface area contributed by atoms with Gasteiger partial charge in [0.05, 0.1) is 11.1 Å². The van der Waals surface area contributed by atoms with Crippen LogP contribution in [-0.2, 0) is 4.79 Å². The van der Waals surface area contributed by atoms with Crippen LogP contribution in [0.1, 0.15) is 13.8 Å². The van der Waals surface area contributed by atoms with Gasteiger partial charge in [-0.3, -0.25) is 4.79 Å². The summed E-state index contributed by atoms with van der Waals surface area (Å²) in [4.78, 5) is 24.2. The topological polar surface area (TPSA) is 79.5 Å². The van der Waals surface area contributed by atoms with E-state index >= 15 is 0 Å². The Morgan fingerprint density at radius 1 is 1.12 bits per heavy atom. The molecule has 3 amide bonds. The molecule has 0 unspecified atom stereocenters. The van der Waals surface area contributed by atoms with Crippen LogP contribution in [0.25, 0.3) is 0 Å². The summed E-state index contributed by atoms with van der Waals surface area (Å²) in [6.45, 7) is 3.88. The number of rotatable bonds is 2. The van der Waals surface area contributed by atoms with Crippen LogP contribution < -0.4 is 20.7 Å². The first kappa shape index (κ1) is 17.1. The van der Waals surface area contributed by atoms with E-state index in [1.54, 1.807) is 42.5 Å². The van der Waals surface area contributed by atoms with Gasteiger partial charge in [-0.25, -0.2) is 4.79 Å². The minimum absolute atomic E-state index is 0.104. The monoisotopic (exact) mass is 359 g/mol. The molecule has 7 heteroatoms. The molecular formula is C18H18ClN3O3. The lowest BCUT2D eigenvalue weighted by atomic mass is 9.94. The van der Waals surface area contributed by atoms with Crippen LogP contribution in [0.3, 0.4) is 0 Å². The zero-order valence-electron chi connectivity index (χ0n) is 13.9. The van der Waals surface area contributed by atoms with Crippen LogP contribution in [0.15, 0.2) is 42.5 Å². The average molecular weight is 360 g/mol. The first-order valence-electron chi connectivity index (χ1n) is 7.75. The second kappa shape index (κ2) is 6.64. The predicted molar refractivity (Wildman–Crippen MR) is 98.4 cm³/mol. The van der Waals surface area contributed by atoms with Crippen molar-refractivity contribution in [1.82, 2.24) is 0 Å². The lowest BCUT2D eigenvalue weighted by molar-refractivity contribution is -0.124. The summed E-state index contributed by atoms with van der Waals surface area (Å²) < 4.78 is 5.72. The van der Waals surface area contributed by atoms with E-state index < -0.39 is 5.41 Å². The van der Waals surface area contributed by atoms with Gasteiger partial charge in [-0.15, -0.1) is 0 Å². The Balaban J connectivity index is 1.70. The van der Waals surface area contributed by atoms with Gasteiger partial charge in [-0.1, -0.05) is 11.6 Å². The fourth-order valence-corrected chi connectivity index (χ4v) is 2.39. The smallest absolute Gasteiger partial charge is 0.323 e. The number of halogens is 1. The van der Waals surface area contributed by atoms with Gasteiger partial charge < -0.3 is 20.7 Å². The first-order chi connectivity index (χ1) is 11.8. The molecule has 3 rings (SSSR count). The van der Waals surface area contributed by atoms with E-state index in [2.05, 4.69) is 16.0 Å². The minimum atomic E-state index is -0.626. The number of benzene rings is 2. The Morgan fingerprint density at radius 2 is 1.76 bits per heavy atom. The van der Waals surface area contributed by atoms with Crippen LogP contribution in [0.5, 0.6) is 5.75 Å².